The Bertz CT molecular complexity index is 373. The smallest absolute Gasteiger partial charge is 0.290 e. The Morgan fingerprint density at radius 2 is 1.61 bits per heavy atom. The van der Waals surface area contributed by atoms with Crippen LogP contribution in [0.4, 0.5) is 22.0 Å². The van der Waals surface area contributed by atoms with Gasteiger partial charge in [-0.05, 0) is 17.7 Å². The maximum Gasteiger partial charge on any atom is 0.401 e. The van der Waals surface area contributed by atoms with Crippen LogP contribution in [0.25, 0.3) is 0 Å². The lowest BCUT2D eigenvalue weighted by atomic mass is 10.2. The van der Waals surface area contributed by atoms with Gasteiger partial charge in [-0.25, -0.2) is 8.78 Å². The van der Waals surface area contributed by atoms with Crippen molar-refractivity contribution in [2.24, 2.45) is 0 Å². The molecule has 0 heterocycles. The number of hydrogen-bond acceptors (Lipinski definition) is 1. The summed E-state index contributed by atoms with van der Waals surface area (Å²) < 4.78 is 62.7. The second-order valence-corrected chi connectivity index (χ2v) is 4.59. The second-order valence-electron chi connectivity index (χ2n) is 3.79. The first-order valence-electron chi connectivity index (χ1n) is 5.10. The highest BCUT2D eigenvalue weighted by molar-refractivity contribution is 9.09. The standard InChI is InChI=1S/C11H11BrF5N/c12-1-2-18(7-11(15,16)17)6-8-3-9(13)5-10(14)4-8/h3-5H,1-2,6-7H2. The summed E-state index contributed by atoms with van der Waals surface area (Å²) in [7, 11) is 0. The van der Waals surface area contributed by atoms with Gasteiger partial charge in [0, 0.05) is 24.5 Å². The topological polar surface area (TPSA) is 3.24 Å². The lowest BCUT2D eigenvalue weighted by Crippen LogP contribution is -2.35. The molecule has 0 aliphatic carbocycles. The van der Waals surface area contributed by atoms with Crippen molar-refractivity contribution >= 4 is 15.9 Å². The highest BCUT2D eigenvalue weighted by Crippen LogP contribution is 2.19. The summed E-state index contributed by atoms with van der Waals surface area (Å²) in [5.74, 6) is -1.59. The van der Waals surface area contributed by atoms with Crippen LogP contribution in [-0.4, -0.2) is 29.5 Å². The van der Waals surface area contributed by atoms with Gasteiger partial charge in [-0.2, -0.15) is 13.2 Å². The Labute approximate surface area is 110 Å². The summed E-state index contributed by atoms with van der Waals surface area (Å²) in [6.07, 6.45) is -4.34. The normalized spacial score (nSPS) is 12.2. The molecule has 0 N–H and O–H groups in total. The van der Waals surface area contributed by atoms with Crippen LogP contribution >= 0.6 is 15.9 Å². The Morgan fingerprint density at radius 3 is 2.06 bits per heavy atom. The van der Waals surface area contributed by atoms with Gasteiger partial charge in [-0.3, -0.25) is 4.90 Å². The molecule has 0 atom stereocenters. The average molecular weight is 332 g/mol. The van der Waals surface area contributed by atoms with Gasteiger partial charge in [0.1, 0.15) is 11.6 Å². The van der Waals surface area contributed by atoms with Crippen LogP contribution < -0.4 is 0 Å². The number of nitrogens with zero attached hydrogens (tertiary/aromatic N) is 1. The van der Waals surface area contributed by atoms with Crippen molar-refractivity contribution in [2.45, 2.75) is 12.7 Å². The molecule has 0 fully saturated rings. The molecule has 0 amide bonds. The van der Waals surface area contributed by atoms with Crippen LogP contribution in [0, 0.1) is 11.6 Å². The average Bonchev–Trinajstić information content (AvgIpc) is 2.12. The van der Waals surface area contributed by atoms with E-state index in [2.05, 4.69) is 15.9 Å². The van der Waals surface area contributed by atoms with E-state index in [1.54, 1.807) is 0 Å². The first-order chi connectivity index (χ1) is 8.30. The lowest BCUT2D eigenvalue weighted by molar-refractivity contribution is -0.146. The van der Waals surface area contributed by atoms with E-state index in [9.17, 15) is 22.0 Å². The molecule has 0 aromatic heterocycles. The minimum absolute atomic E-state index is 0.137. The van der Waals surface area contributed by atoms with Crippen molar-refractivity contribution < 1.29 is 22.0 Å². The number of hydrogen-bond donors (Lipinski definition) is 0. The fraction of sp³-hybridized carbons (Fsp3) is 0.455. The molecule has 0 spiro atoms. The molecule has 0 saturated heterocycles. The van der Waals surface area contributed by atoms with Crippen molar-refractivity contribution in [3.05, 3.63) is 35.4 Å². The highest BCUT2D eigenvalue weighted by Gasteiger charge is 2.30. The number of alkyl halides is 4. The Hall–Kier alpha value is -0.690. The number of halogens is 6. The van der Waals surface area contributed by atoms with Gasteiger partial charge in [0.15, 0.2) is 0 Å². The minimum Gasteiger partial charge on any atom is -0.290 e. The van der Waals surface area contributed by atoms with Crippen molar-refractivity contribution in [1.82, 2.24) is 4.90 Å². The molecule has 0 saturated carbocycles. The van der Waals surface area contributed by atoms with E-state index < -0.39 is 24.4 Å². The zero-order valence-corrected chi connectivity index (χ0v) is 10.9. The van der Waals surface area contributed by atoms with Gasteiger partial charge in [-0.15, -0.1) is 0 Å². The predicted molar refractivity (Wildman–Crippen MR) is 61.5 cm³/mol. The van der Waals surface area contributed by atoms with Gasteiger partial charge < -0.3 is 0 Å². The summed E-state index contributed by atoms with van der Waals surface area (Å²) in [5.41, 5.74) is 0.178. The highest BCUT2D eigenvalue weighted by atomic mass is 79.9. The van der Waals surface area contributed by atoms with Gasteiger partial charge >= 0.3 is 6.18 Å². The van der Waals surface area contributed by atoms with Crippen LogP contribution in [0.2, 0.25) is 0 Å². The summed E-state index contributed by atoms with van der Waals surface area (Å²) >= 11 is 3.04. The third kappa shape index (κ3) is 5.77. The van der Waals surface area contributed by atoms with E-state index in [0.717, 1.165) is 17.0 Å². The van der Waals surface area contributed by atoms with Crippen LogP contribution in [0.1, 0.15) is 5.56 Å². The Balaban J connectivity index is 2.76. The van der Waals surface area contributed by atoms with Crippen LogP contribution in [0.3, 0.4) is 0 Å². The molecule has 0 unspecified atom stereocenters. The van der Waals surface area contributed by atoms with E-state index >= 15 is 0 Å². The summed E-state index contributed by atoms with van der Waals surface area (Å²) in [5, 5.41) is 0.348. The molecule has 1 nitrogen and oxygen atoms in total. The molecular weight excluding hydrogens is 321 g/mol. The Kier molecular flexibility index (Phi) is 5.52. The number of benzene rings is 1. The zero-order valence-electron chi connectivity index (χ0n) is 9.28. The monoisotopic (exact) mass is 331 g/mol. The van der Waals surface area contributed by atoms with Crippen LogP contribution in [0.5, 0.6) is 0 Å². The lowest BCUT2D eigenvalue weighted by Gasteiger charge is -2.22. The quantitative estimate of drug-likeness (QED) is 0.587. The summed E-state index contributed by atoms with van der Waals surface area (Å²) in [6.45, 7) is -1.13. The molecule has 0 radical (unpaired) electrons. The first-order valence-corrected chi connectivity index (χ1v) is 6.22. The molecule has 7 heteroatoms. The largest absolute Gasteiger partial charge is 0.401 e. The predicted octanol–water partition coefficient (Wildman–Crippen LogP) is 3.72. The molecular formula is C11H11BrF5N. The minimum atomic E-state index is -4.34. The van der Waals surface area contributed by atoms with Gasteiger partial charge in [0.2, 0.25) is 0 Å². The van der Waals surface area contributed by atoms with Crippen molar-refractivity contribution in [3.8, 4) is 0 Å². The molecule has 1 aromatic rings. The molecule has 0 aliphatic heterocycles. The molecule has 1 aromatic carbocycles. The molecule has 1 rings (SSSR count). The van der Waals surface area contributed by atoms with Crippen LogP contribution in [0.15, 0.2) is 18.2 Å². The third-order valence-electron chi connectivity index (χ3n) is 2.13. The number of rotatable bonds is 5. The third-order valence-corrected chi connectivity index (χ3v) is 2.49. The fourth-order valence-electron chi connectivity index (χ4n) is 1.55. The molecule has 0 bridgehead atoms. The fourth-order valence-corrected chi connectivity index (χ4v) is 2.05. The summed E-state index contributed by atoms with van der Waals surface area (Å²) in [6, 6.07) is 2.74. The second kappa shape index (κ2) is 6.47. The van der Waals surface area contributed by atoms with E-state index in [1.165, 1.54) is 0 Å². The first kappa shape index (κ1) is 15.4. The van der Waals surface area contributed by atoms with E-state index in [-0.39, 0.29) is 18.7 Å². The molecule has 18 heavy (non-hydrogen) atoms. The summed E-state index contributed by atoms with van der Waals surface area (Å²) in [4.78, 5) is 1.07. The van der Waals surface area contributed by atoms with Gasteiger partial charge in [0.25, 0.3) is 0 Å². The van der Waals surface area contributed by atoms with Crippen molar-refractivity contribution in [2.75, 3.05) is 18.4 Å². The molecule has 102 valence electrons. The van der Waals surface area contributed by atoms with Gasteiger partial charge in [-0.1, -0.05) is 15.9 Å². The van der Waals surface area contributed by atoms with Crippen molar-refractivity contribution in [3.63, 3.8) is 0 Å². The van der Waals surface area contributed by atoms with E-state index in [1.807, 2.05) is 0 Å². The SMILES string of the molecule is Fc1cc(F)cc(CN(CCBr)CC(F)(F)F)c1. The van der Waals surface area contributed by atoms with Crippen molar-refractivity contribution in [1.29, 1.82) is 0 Å². The van der Waals surface area contributed by atoms with Gasteiger partial charge in [0.05, 0.1) is 6.54 Å². The maximum atomic E-state index is 12.9. The Morgan fingerprint density at radius 1 is 1.06 bits per heavy atom. The maximum absolute atomic E-state index is 12.9. The molecule has 0 aliphatic rings. The van der Waals surface area contributed by atoms with Crippen LogP contribution in [-0.2, 0) is 6.54 Å². The van der Waals surface area contributed by atoms with E-state index in [4.69, 9.17) is 0 Å². The zero-order chi connectivity index (χ0) is 13.8. The van der Waals surface area contributed by atoms with E-state index in [0.29, 0.717) is 11.4 Å².